The van der Waals surface area contributed by atoms with E-state index in [4.69, 9.17) is 10.8 Å². The first-order chi connectivity index (χ1) is 9.31. The second-order valence-electron chi connectivity index (χ2n) is 4.53. The summed E-state index contributed by atoms with van der Waals surface area (Å²) in [5.74, 6) is 0. The van der Waals surface area contributed by atoms with E-state index in [0.717, 1.165) is 5.57 Å². The average molecular weight is 290 g/mol. The van der Waals surface area contributed by atoms with Crippen LogP contribution < -0.4 is 5.73 Å². The van der Waals surface area contributed by atoms with E-state index in [1.54, 1.807) is 0 Å². The van der Waals surface area contributed by atoms with Crippen LogP contribution in [0.15, 0.2) is 66.7 Å². The zero-order valence-corrected chi connectivity index (χ0v) is 12.1. The number of hydrogen-bond acceptors (Lipinski definition) is 2. The molecule has 0 spiro atoms. The second-order valence-corrected chi connectivity index (χ2v) is 4.53. The molecule has 0 bridgehead atoms. The highest BCUT2D eigenvalue weighted by Gasteiger charge is 2.05. The fourth-order valence-corrected chi connectivity index (χ4v) is 1.98. The fraction of sp³-hybridized carbons (Fsp3) is 0.176. The van der Waals surface area contributed by atoms with Gasteiger partial charge in [0.05, 0.1) is 6.61 Å². The maximum atomic E-state index is 9.03. The molecule has 0 saturated carbocycles. The molecule has 1 atom stereocenters. The molecule has 3 heteroatoms. The van der Waals surface area contributed by atoms with Gasteiger partial charge in [-0.3, -0.25) is 0 Å². The van der Waals surface area contributed by atoms with Crippen LogP contribution in [-0.4, -0.2) is 17.8 Å². The summed E-state index contributed by atoms with van der Waals surface area (Å²) in [6.45, 7) is 0.00730. The molecule has 0 heterocycles. The van der Waals surface area contributed by atoms with E-state index in [2.05, 4.69) is 30.3 Å². The Labute approximate surface area is 126 Å². The van der Waals surface area contributed by atoms with Crippen molar-refractivity contribution in [3.8, 4) is 0 Å². The topological polar surface area (TPSA) is 46.2 Å². The Hall–Kier alpha value is -1.61. The van der Waals surface area contributed by atoms with Crippen molar-refractivity contribution < 1.29 is 5.11 Å². The molecular weight excluding hydrogens is 270 g/mol. The van der Waals surface area contributed by atoms with Crippen molar-refractivity contribution in [2.24, 2.45) is 5.73 Å². The standard InChI is InChI=1S/C17H19NO.ClH/c18-16(13-19)11-12-17(14-7-3-1-4-8-14)15-9-5-2-6-10-15;/h1-10,12,16,19H,11,13,18H2;1H. The van der Waals surface area contributed by atoms with Crippen molar-refractivity contribution in [3.05, 3.63) is 77.9 Å². The molecular formula is C17H20ClNO. The van der Waals surface area contributed by atoms with Crippen LogP contribution in [0.25, 0.3) is 5.57 Å². The summed E-state index contributed by atoms with van der Waals surface area (Å²) in [5, 5.41) is 9.03. The van der Waals surface area contributed by atoms with Crippen molar-refractivity contribution in [2.75, 3.05) is 6.61 Å². The van der Waals surface area contributed by atoms with Crippen LogP contribution in [0.5, 0.6) is 0 Å². The van der Waals surface area contributed by atoms with Crippen LogP contribution in [0.3, 0.4) is 0 Å². The summed E-state index contributed by atoms with van der Waals surface area (Å²) < 4.78 is 0. The van der Waals surface area contributed by atoms with Gasteiger partial charge in [0, 0.05) is 6.04 Å². The third-order valence-electron chi connectivity index (χ3n) is 3.03. The second kappa shape index (κ2) is 8.54. The molecule has 0 fully saturated rings. The Kier molecular flexibility index (Phi) is 7.02. The number of halogens is 1. The molecule has 0 aliphatic rings. The molecule has 20 heavy (non-hydrogen) atoms. The lowest BCUT2D eigenvalue weighted by Gasteiger charge is -2.10. The zero-order valence-electron chi connectivity index (χ0n) is 11.3. The molecule has 3 N–H and O–H groups in total. The molecule has 0 amide bonds. The fourth-order valence-electron chi connectivity index (χ4n) is 1.98. The molecule has 2 nitrogen and oxygen atoms in total. The van der Waals surface area contributed by atoms with Crippen LogP contribution in [0.4, 0.5) is 0 Å². The van der Waals surface area contributed by atoms with Gasteiger partial charge in [0.1, 0.15) is 0 Å². The first-order valence-corrected chi connectivity index (χ1v) is 6.48. The molecule has 0 radical (unpaired) electrons. The number of rotatable bonds is 5. The van der Waals surface area contributed by atoms with E-state index in [1.165, 1.54) is 11.1 Å². The van der Waals surface area contributed by atoms with Crippen molar-refractivity contribution in [2.45, 2.75) is 12.5 Å². The summed E-state index contributed by atoms with van der Waals surface area (Å²) >= 11 is 0. The van der Waals surface area contributed by atoms with Crippen LogP contribution >= 0.6 is 12.4 Å². The van der Waals surface area contributed by atoms with Gasteiger partial charge < -0.3 is 10.8 Å². The van der Waals surface area contributed by atoms with E-state index in [-0.39, 0.29) is 25.1 Å². The van der Waals surface area contributed by atoms with Gasteiger partial charge in [0.2, 0.25) is 0 Å². The number of benzene rings is 2. The summed E-state index contributed by atoms with van der Waals surface area (Å²) in [4.78, 5) is 0. The molecule has 0 saturated heterocycles. The number of hydrogen-bond donors (Lipinski definition) is 2. The number of aliphatic hydroxyl groups excluding tert-OH is 1. The SMILES string of the molecule is Cl.NC(CO)CC=C(c1ccccc1)c1ccccc1. The molecule has 2 rings (SSSR count). The Balaban J connectivity index is 0.00000200. The molecule has 0 aliphatic heterocycles. The van der Waals surface area contributed by atoms with Crippen molar-refractivity contribution in [1.82, 2.24) is 0 Å². The summed E-state index contributed by atoms with van der Waals surface area (Å²) in [5.41, 5.74) is 9.27. The van der Waals surface area contributed by atoms with Crippen molar-refractivity contribution in [3.63, 3.8) is 0 Å². The Morgan fingerprint density at radius 3 is 1.80 bits per heavy atom. The van der Waals surface area contributed by atoms with Gasteiger partial charge in [0.25, 0.3) is 0 Å². The van der Waals surface area contributed by atoms with Crippen LogP contribution in [-0.2, 0) is 0 Å². The average Bonchev–Trinajstić information content (AvgIpc) is 2.49. The van der Waals surface area contributed by atoms with Gasteiger partial charge in [0.15, 0.2) is 0 Å². The van der Waals surface area contributed by atoms with E-state index >= 15 is 0 Å². The summed E-state index contributed by atoms with van der Waals surface area (Å²) in [7, 11) is 0. The predicted molar refractivity (Wildman–Crippen MR) is 86.9 cm³/mol. The molecule has 0 aliphatic carbocycles. The normalized spacial score (nSPS) is 11.3. The van der Waals surface area contributed by atoms with Crippen LogP contribution in [0, 0.1) is 0 Å². The first kappa shape index (κ1) is 16.4. The highest BCUT2D eigenvalue weighted by atomic mass is 35.5. The maximum absolute atomic E-state index is 9.03. The van der Waals surface area contributed by atoms with E-state index in [9.17, 15) is 0 Å². The van der Waals surface area contributed by atoms with Gasteiger partial charge in [-0.15, -0.1) is 12.4 Å². The Morgan fingerprint density at radius 1 is 0.950 bits per heavy atom. The zero-order chi connectivity index (χ0) is 13.5. The largest absolute Gasteiger partial charge is 0.395 e. The Morgan fingerprint density at radius 2 is 1.40 bits per heavy atom. The molecule has 1 unspecified atom stereocenters. The van der Waals surface area contributed by atoms with Crippen molar-refractivity contribution in [1.29, 1.82) is 0 Å². The maximum Gasteiger partial charge on any atom is 0.0585 e. The monoisotopic (exact) mass is 289 g/mol. The molecule has 2 aromatic rings. The summed E-state index contributed by atoms with van der Waals surface area (Å²) in [6.07, 6.45) is 2.77. The van der Waals surface area contributed by atoms with Crippen molar-refractivity contribution >= 4 is 18.0 Å². The predicted octanol–water partition coefficient (Wildman–Crippen LogP) is 3.25. The number of aliphatic hydroxyl groups is 1. The quantitative estimate of drug-likeness (QED) is 0.887. The van der Waals surface area contributed by atoms with Gasteiger partial charge in [-0.25, -0.2) is 0 Å². The summed E-state index contributed by atoms with van der Waals surface area (Å²) in [6, 6.07) is 20.3. The van der Waals surface area contributed by atoms with E-state index in [0.29, 0.717) is 6.42 Å². The highest BCUT2D eigenvalue weighted by molar-refractivity contribution is 5.85. The smallest absolute Gasteiger partial charge is 0.0585 e. The Bertz CT molecular complexity index is 484. The van der Waals surface area contributed by atoms with Gasteiger partial charge >= 0.3 is 0 Å². The van der Waals surface area contributed by atoms with Crippen LogP contribution in [0.1, 0.15) is 17.5 Å². The lowest BCUT2D eigenvalue weighted by molar-refractivity contribution is 0.266. The lowest BCUT2D eigenvalue weighted by atomic mass is 9.96. The van der Waals surface area contributed by atoms with Gasteiger partial charge in [-0.1, -0.05) is 66.7 Å². The third-order valence-corrected chi connectivity index (χ3v) is 3.03. The first-order valence-electron chi connectivity index (χ1n) is 6.48. The van der Waals surface area contributed by atoms with E-state index in [1.807, 2.05) is 36.4 Å². The molecule has 0 aromatic heterocycles. The van der Waals surface area contributed by atoms with Crippen LogP contribution in [0.2, 0.25) is 0 Å². The minimum absolute atomic E-state index is 0. The van der Waals surface area contributed by atoms with Gasteiger partial charge in [-0.05, 0) is 23.1 Å². The minimum Gasteiger partial charge on any atom is -0.395 e. The van der Waals surface area contributed by atoms with Gasteiger partial charge in [-0.2, -0.15) is 0 Å². The molecule has 2 aromatic carbocycles. The minimum atomic E-state index is -0.206. The third kappa shape index (κ3) is 4.49. The van der Waals surface area contributed by atoms with E-state index < -0.39 is 0 Å². The highest BCUT2D eigenvalue weighted by Crippen LogP contribution is 2.23. The number of nitrogens with two attached hydrogens (primary N) is 1. The molecule has 106 valence electrons. The lowest BCUT2D eigenvalue weighted by Crippen LogP contribution is -2.23.